The first-order valence-electron chi connectivity index (χ1n) is 33.3. The van der Waals surface area contributed by atoms with Crippen molar-refractivity contribution in [3.8, 4) is 62.9 Å². The average molecular weight is 1250 g/mol. The third-order valence-corrected chi connectivity index (χ3v) is 20.1. The highest BCUT2D eigenvalue weighted by Gasteiger charge is 2.43. The molecular weight excluding hydrogens is 1200 g/mol. The van der Waals surface area contributed by atoms with Crippen LogP contribution in [0.25, 0.3) is 183 Å². The van der Waals surface area contributed by atoms with Gasteiger partial charge in [-0.15, -0.1) is 4.68 Å². The van der Waals surface area contributed by atoms with Gasteiger partial charge in [0.15, 0.2) is 23.1 Å². The summed E-state index contributed by atoms with van der Waals surface area (Å²) in [6.07, 6.45) is 0. The summed E-state index contributed by atoms with van der Waals surface area (Å²) in [5.41, 5.74) is 16.2. The number of hydrogen-bond donors (Lipinski definition) is 0. The van der Waals surface area contributed by atoms with E-state index in [1.54, 1.807) is 0 Å². The van der Waals surface area contributed by atoms with Crippen molar-refractivity contribution in [2.75, 3.05) is 0 Å². The molecule has 0 spiro atoms. The molecule has 98 heavy (non-hydrogen) atoms. The van der Waals surface area contributed by atoms with Gasteiger partial charge in [-0.25, -0.2) is 24.1 Å². The minimum absolute atomic E-state index is 0.475. The molecule has 0 bridgehead atoms. The molecule has 0 radical (unpaired) electrons. The molecule has 0 aliphatic rings. The van der Waals surface area contributed by atoms with E-state index >= 15 is 0 Å². The molecule has 0 atom stereocenters. The van der Waals surface area contributed by atoms with Gasteiger partial charge in [0, 0.05) is 76.1 Å². The normalized spacial score (nSPS) is 12.1. The van der Waals surface area contributed by atoms with Gasteiger partial charge in [-0.3, -0.25) is 4.57 Å². The van der Waals surface area contributed by atoms with Crippen LogP contribution in [0.3, 0.4) is 0 Å². The molecule has 10 nitrogen and oxygen atoms in total. The molecule has 0 saturated carbocycles. The van der Waals surface area contributed by atoms with Crippen LogP contribution in [0.15, 0.2) is 334 Å². The van der Waals surface area contributed by atoms with E-state index in [4.69, 9.17) is 15.0 Å². The van der Waals surface area contributed by atoms with Crippen LogP contribution in [-0.4, -0.2) is 42.5 Å². The van der Waals surface area contributed by atoms with E-state index in [0.29, 0.717) is 17.5 Å². The summed E-state index contributed by atoms with van der Waals surface area (Å²) in [7, 11) is 0. The molecule has 0 aliphatic carbocycles. The largest absolute Gasteiger partial charge is 0.303 e. The first-order valence-corrected chi connectivity index (χ1v) is 33.3. The monoisotopic (exact) mass is 1250 g/mol. The Balaban J connectivity index is 1.17. The molecule has 21 rings (SSSR count). The summed E-state index contributed by atoms with van der Waals surface area (Å²) in [5.74, 6) is 3.19. The number of fused-ring (bicyclic) bond motifs is 17. The van der Waals surface area contributed by atoms with E-state index in [0.717, 1.165) is 165 Å². The summed E-state index contributed by atoms with van der Waals surface area (Å²) in [6, 6.07) is 121. The molecule has 8 aromatic heterocycles. The number of pyridine rings is 1. The Morgan fingerprint density at radius 3 is 0.816 bits per heavy atom. The minimum Gasteiger partial charge on any atom is -0.303 e. The van der Waals surface area contributed by atoms with E-state index in [2.05, 4.69) is 366 Å². The van der Waals surface area contributed by atoms with Crippen LogP contribution in [-0.2, 0) is 0 Å². The average Bonchev–Trinajstić information content (AvgIpc) is 1.47. The van der Waals surface area contributed by atoms with E-state index in [9.17, 15) is 0 Å². The van der Waals surface area contributed by atoms with Gasteiger partial charge in [0.1, 0.15) is 33.4 Å². The summed E-state index contributed by atoms with van der Waals surface area (Å²) < 4.78 is 17.8. The molecule has 0 N–H and O–H groups in total. The maximum atomic E-state index is 6.04. The lowest BCUT2D eigenvalue weighted by Crippen LogP contribution is -2.51. The maximum absolute atomic E-state index is 6.04. The van der Waals surface area contributed by atoms with Gasteiger partial charge in [-0.2, -0.15) is 4.68 Å². The fourth-order valence-corrected chi connectivity index (χ4v) is 16.1. The van der Waals surface area contributed by atoms with Crippen molar-refractivity contribution >= 4 is 120 Å². The second-order valence-corrected chi connectivity index (χ2v) is 25.3. The number of aromatic nitrogens is 10. The molecule has 13 aromatic carbocycles. The lowest BCUT2D eigenvalue weighted by Gasteiger charge is -2.28. The molecule has 21 aromatic rings. The quantitative estimate of drug-likeness (QED) is 0.135. The van der Waals surface area contributed by atoms with Crippen LogP contribution in [0.1, 0.15) is 0 Å². The summed E-state index contributed by atoms with van der Waals surface area (Å²) in [4.78, 5) is 17.6. The zero-order chi connectivity index (χ0) is 64.1. The van der Waals surface area contributed by atoms with Crippen LogP contribution in [0.2, 0.25) is 0 Å². The van der Waals surface area contributed by atoms with Gasteiger partial charge < -0.3 is 9.13 Å². The fourth-order valence-electron chi connectivity index (χ4n) is 16.1. The van der Waals surface area contributed by atoms with E-state index in [1.807, 2.05) is 0 Å². The topological polar surface area (TPSA) is 72.1 Å². The number of rotatable bonds is 9. The predicted molar refractivity (Wildman–Crippen MR) is 401 cm³/mol. The van der Waals surface area contributed by atoms with Gasteiger partial charge in [0.05, 0.1) is 38.7 Å². The lowest BCUT2D eigenvalue weighted by molar-refractivity contribution is -0.708. The van der Waals surface area contributed by atoms with Gasteiger partial charge in [0.2, 0.25) is 0 Å². The van der Waals surface area contributed by atoms with E-state index in [1.165, 1.54) is 0 Å². The van der Waals surface area contributed by atoms with Crippen LogP contribution >= 0.6 is 0 Å². The Hall–Kier alpha value is -13.4. The lowest BCUT2D eigenvalue weighted by atomic mass is 10.1. The van der Waals surface area contributed by atoms with Gasteiger partial charge in [-0.05, 0) is 72.8 Å². The zero-order valence-electron chi connectivity index (χ0n) is 52.7. The van der Waals surface area contributed by atoms with Crippen molar-refractivity contribution in [2.24, 2.45) is 0 Å². The highest BCUT2D eigenvalue weighted by molar-refractivity contribution is 6.22. The van der Waals surface area contributed by atoms with Crippen LogP contribution in [0.5, 0.6) is 0 Å². The van der Waals surface area contributed by atoms with Crippen molar-refractivity contribution in [3.05, 3.63) is 334 Å². The number of para-hydroxylation sites is 11. The van der Waals surface area contributed by atoms with Gasteiger partial charge in [0.25, 0.3) is 11.6 Å². The molecule has 0 aliphatic heterocycles. The first kappa shape index (κ1) is 54.0. The minimum atomic E-state index is 0.475. The molecule has 456 valence electrons. The molecule has 8 heterocycles. The SMILES string of the molecule is c1ccc(-c2nc(-c3ccccc3)nc(-c3c(-n4c5ccccc5c5ccccc54)c(-n4c5ccccc5c5ccccc54)[n+](-n4c5ccccc5c5c6ccccc6n(-c6ccccc6)c54)c(-n4c5ccccc5c5ccccc54)c3-n3c4ccccc4c4ccccc43)n2)cc1. The molecule has 0 unspecified atom stereocenters. The Morgan fingerprint density at radius 1 is 0.214 bits per heavy atom. The van der Waals surface area contributed by atoms with E-state index < -0.39 is 0 Å². The molecule has 10 heteroatoms. The number of hydrogen-bond acceptors (Lipinski definition) is 3. The highest BCUT2D eigenvalue weighted by Crippen LogP contribution is 2.50. The fraction of sp³-hybridized carbons (Fsp3) is 0. The zero-order valence-corrected chi connectivity index (χ0v) is 52.7. The second-order valence-electron chi connectivity index (χ2n) is 25.3. The standard InChI is InChI=1S/C88H55N10/c1-4-30-56(31-5-1)83-89-84(57-32-6-2-7-33-57)91-85(90-83)80-81(93-69-46-20-10-36-59(69)60-37-11-21-47-70(60)93)87(95-73-50-24-14-40-63(73)64-41-15-25-51-74(64)95)98(97-78-55-29-19-45-68(78)79-67-44-18-28-54-77(67)92(86(79)97)58-34-8-3-9-35-58)88(96-75-52-26-16-42-65(75)66-43-17-27-53-76(66)96)82(80)94-71-48-22-12-38-61(71)62-39-13-23-49-72(62)94/h1-55H/q+1. The molecule has 0 fully saturated rings. The van der Waals surface area contributed by atoms with Crippen molar-refractivity contribution in [3.63, 3.8) is 0 Å². The highest BCUT2D eigenvalue weighted by atomic mass is 15.5. The third kappa shape index (κ3) is 7.61. The molecular formula is C88H55N10+. The third-order valence-electron chi connectivity index (χ3n) is 20.1. The molecule has 0 amide bonds. The Bertz CT molecular complexity index is 6340. The number of benzene rings is 13. The van der Waals surface area contributed by atoms with Crippen LogP contribution in [0, 0.1) is 0 Å². The van der Waals surface area contributed by atoms with Crippen molar-refractivity contribution < 1.29 is 4.68 Å². The summed E-state index contributed by atoms with van der Waals surface area (Å²) >= 11 is 0. The Morgan fingerprint density at radius 2 is 0.469 bits per heavy atom. The van der Waals surface area contributed by atoms with Crippen LogP contribution < -0.4 is 4.68 Å². The Kier molecular flexibility index (Phi) is 11.6. The second kappa shape index (κ2) is 21.0. The van der Waals surface area contributed by atoms with Crippen molar-refractivity contribution in [1.29, 1.82) is 0 Å². The Labute approximate surface area is 560 Å². The predicted octanol–water partition coefficient (Wildman–Crippen LogP) is 20.9. The van der Waals surface area contributed by atoms with Crippen molar-refractivity contribution in [2.45, 2.75) is 0 Å². The van der Waals surface area contributed by atoms with E-state index in [-0.39, 0.29) is 0 Å². The van der Waals surface area contributed by atoms with Gasteiger partial charge >= 0.3 is 0 Å². The van der Waals surface area contributed by atoms with Gasteiger partial charge in [-0.1, -0.05) is 261 Å². The maximum Gasteiger partial charge on any atom is 0.282 e. The summed E-state index contributed by atoms with van der Waals surface area (Å²) in [5, 5.41) is 12.2. The van der Waals surface area contributed by atoms with Crippen LogP contribution in [0.4, 0.5) is 0 Å². The smallest absolute Gasteiger partial charge is 0.282 e. The number of nitrogens with zero attached hydrogens (tertiary/aromatic N) is 10. The first-order chi connectivity index (χ1) is 48.7. The summed E-state index contributed by atoms with van der Waals surface area (Å²) in [6.45, 7) is 0. The van der Waals surface area contributed by atoms with Crippen molar-refractivity contribution in [1.82, 2.24) is 42.5 Å². The molecule has 0 saturated heterocycles.